The van der Waals surface area contributed by atoms with Crippen molar-refractivity contribution in [1.29, 1.82) is 0 Å². The Morgan fingerprint density at radius 2 is 0.745 bits per heavy atom. The molecule has 0 saturated heterocycles. The van der Waals surface area contributed by atoms with Gasteiger partial charge in [0.05, 0.1) is 11.0 Å². The second kappa shape index (κ2) is 10.7. The minimum absolute atomic E-state index is 0.0807. The van der Waals surface area contributed by atoms with Crippen molar-refractivity contribution in [3.05, 3.63) is 138 Å². The molecule has 0 amide bonds. The Labute approximate surface area is 302 Å². The Hall–Kier alpha value is -5.14. The van der Waals surface area contributed by atoms with Gasteiger partial charge in [-0.05, 0) is 155 Å². The molecule has 7 aromatic carbocycles. The van der Waals surface area contributed by atoms with Crippen LogP contribution in [0.25, 0.3) is 82.4 Å². The molecule has 8 aromatic rings. The fourth-order valence-corrected chi connectivity index (χ4v) is 8.13. The first kappa shape index (κ1) is 31.8. The Morgan fingerprint density at radius 3 is 1.24 bits per heavy atom. The second-order valence-electron chi connectivity index (χ2n) is 18.0. The number of fused-ring (bicyclic) bond motifs is 9. The summed E-state index contributed by atoms with van der Waals surface area (Å²) in [6.45, 7) is 20.6. The largest absolute Gasteiger partial charge is 0.309 e. The molecule has 0 fully saturated rings. The number of hydrogen-bond acceptors (Lipinski definition) is 0. The molecule has 1 aromatic heterocycles. The second-order valence-corrected chi connectivity index (χ2v) is 18.0. The Morgan fingerprint density at radius 1 is 0.333 bits per heavy atom. The Balaban J connectivity index is 1.13. The van der Waals surface area contributed by atoms with Gasteiger partial charge in [0.15, 0.2) is 0 Å². The average Bonchev–Trinajstić information content (AvgIpc) is 3.42. The summed E-state index contributed by atoms with van der Waals surface area (Å²) >= 11 is 0. The van der Waals surface area contributed by atoms with E-state index in [-0.39, 0.29) is 16.2 Å². The minimum atomic E-state index is 0.0807. The molecule has 0 aliphatic heterocycles. The van der Waals surface area contributed by atoms with E-state index < -0.39 is 0 Å². The summed E-state index contributed by atoms with van der Waals surface area (Å²) in [5, 5.41) is 7.79. The minimum Gasteiger partial charge on any atom is -0.309 e. The summed E-state index contributed by atoms with van der Waals surface area (Å²) < 4.78 is 2.47. The monoisotopic (exact) mass is 661 g/mol. The number of nitrogens with zero attached hydrogens (tertiary/aromatic N) is 1. The molecule has 1 heteroatoms. The average molecular weight is 662 g/mol. The maximum Gasteiger partial charge on any atom is 0.0541 e. The Kier molecular flexibility index (Phi) is 6.67. The molecule has 0 unspecified atom stereocenters. The molecule has 0 spiro atoms. The van der Waals surface area contributed by atoms with Crippen LogP contribution < -0.4 is 0 Å². The zero-order valence-corrected chi connectivity index (χ0v) is 31.5. The highest BCUT2D eigenvalue weighted by Gasteiger charge is 2.25. The molecule has 9 rings (SSSR count). The predicted molar refractivity (Wildman–Crippen MR) is 222 cm³/mol. The summed E-state index contributed by atoms with van der Waals surface area (Å²) in [5.74, 6) is 0. The lowest BCUT2D eigenvalue weighted by molar-refractivity contribution is 0.590. The first-order chi connectivity index (χ1) is 24.1. The summed E-state index contributed by atoms with van der Waals surface area (Å²) in [4.78, 5) is 0. The van der Waals surface area contributed by atoms with Gasteiger partial charge in [-0.25, -0.2) is 0 Å². The summed E-state index contributed by atoms with van der Waals surface area (Å²) in [5.41, 5.74) is 16.1. The van der Waals surface area contributed by atoms with Crippen molar-refractivity contribution in [2.75, 3.05) is 0 Å². The smallest absolute Gasteiger partial charge is 0.0541 e. The molecular formula is C50H47N. The van der Waals surface area contributed by atoms with Crippen LogP contribution in [0.5, 0.6) is 0 Å². The van der Waals surface area contributed by atoms with Crippen molar-refractivity contribution in [1.82, 2.24) is 4.57 Å². The van der Waals surface area contributed by atoms with Crippen LogP contribution in [0.1, 0.15) is 79.0 Å². The van der Waals surface area contributed by atoms with E-state index in [0.717, 1.165) is 0 Å². The van der Waals surface area contributed by atoms with Gasteiger partial charge in [-0.3, -0.25) is 0 Å². The van der Waals surface area contributed by atoms with Crippen LogP contribution in [-0.2, 0) is 16.2 Å². The van der Waals surface area contributed by atoms with E-state index in [1.165, 1.54) is 99.1 Å². The highest BCUT2D eigenvalue weighted by molar-refractivity contribution is 6.13. The van der Waals surface area contributed by atoms with Crippen molar-refractivity contribution < 1.29 is 0 Å². The van der Waals surface area contributed by atoms with E-state index in [4.69, 9.17) is 0 Å². The third-order valence-corrected chi connectivity index (χ3v) is 11.4. The Bertz CT molecular complexity index is 2640. The molecule has 0 radical (unpaired) electrons. The van der Waals surface area contributed by atoms with Gasteiger partial charge >= 0.3 is 0 Å². The van der Waals surface area contributed by atoms with Crippen LogP contribution in [0.2, 0.25) is 0 Å². The molecule has 0 atom stereocenters. The van der Waals surface area contributed by atoms with Crippen molar-refractivity contribution in [2.45, 2.75) is 78.6 Å². The van der Waals surface area contributed by atoms with E-state index in [1.54, 1.807) is 0 Å². The lowest BCUT2D eigenvalue weighted by Crippen LogP contribution is -2.10. The molecule has 0 bridgehead atoms. The van der Waals surface area contributed by atoms with E-state index in [0.29, 0.717) is 0 Å². The fourth-order valence-electron chi connectivity index (χ4n) is 8.13. The van der Waals surface area contributed by atoms with Gasteiger partial charge in [-0.15, -0.1) is 0 Å². The topological polar surface area (TPSA) is 4.93 Å². The maximum atomic E-state index is 2.47. The molecule has 1 aliphatic carbocycles. The van der Waals surface area contributed by atoms with Gasteiger partial charge in [0.2, 0.25) is 0 Å². The van der Waals surface area contributed by atoms with Crippen LogP contribution in [0, 0.1) is 0 Å². The van der Waals surface area contributed by atoms with Crippen LogP contribution in [0.4, 0.5) is 0 Å². The van der Waals surface area contributed by atoms with Gasteiger partial charge in [0.25, 0.3) is 0 Å². The zero-order chi connectivity index (χ0) is 35.6. The van der Waals surface area contributed by atoms with Crippen molar-refractivity contribution in [2.24, 2.45) is 0 Å². The fraction of sp³-hybridized carbons (Fsp3) is 0.240. The molecule has 51 heavy (non-hydrogen) atoms. The number of hydrogen-bond donors (Lipinski definition) is 0. The zero-order valence-electron chi connectivity index (χ0n) is 31.5. The van der Waals surface area contributed by atoms with E-state index in [9.17, 15) is 0 Å². The van der Waals surface area contributed by atoms with Gasteiger partial charge in [-0.2, -0.15) is 0 Å². The van der Waals surface area contributed by atoms with E-state index in [2.05, 4.69) is 188 Å². The third kappa shape index (κ3) is 5.12. The molecule has 0 N–H and O–H groups in total. The highest BCUT2D eigenvalue weighted by atomic mass is 15.0. The quantitative estimate of drug-likeness (QED) is 0.174. The summed E-state index contributed by atoms with van der Waals surface area (Å²) in [6.07, 6.45) is 0. The van der Waals surface area contributed by atoms with Crippen LogP contribution in [0.3, 0.4) is 0 Å². The summed E-state index contributed by atoms with van der Waals surface area (Å²) in [7, 11) is 0. The maximum absolute atomic E-state index is 2.47. The number of rotatable bonds is 2. The van der Waals surface area contributed by atoms with Crippen molar-refractivity contribution in [3.8, 4) is 39.1 Å². The third-order valence-electron chi connectivity index (χ3n) is 11.4. The van der Waals surface area contributed by atoms with Crippen molar-refractivity contribution in [3.63, 3.8) is 0 Å². The molecule has 1 aliphatic rings. The first-order valence-corrected chi connectivity index (χ1v) is 18.5. The summed E-state index contributed by atoms with van der Waals surface area (Å²) in [6, 6.07) is 46.8. The highest BCUT2D eigenvalue weighted by Crippen LogP contribution is 2.51. The molecule has 252 valence electrons. The number of aromatic nitrogens is 1. The predicted octanol–water partition coefficient (Wildman–Crippen LogP) is 14.3. The number of benzene rings is 7. The van der Waals surface area contributed by atoms with Crippen LogP contribution in [-0.4, -0.2) is 4.57 Å². The van der Waals surface area contributed by atoms with E-state index >= 15 is 0 Å². The molecular weight excluding hydrogens is 615 g/mol. The van der Waals surface area contributed by atoms with Crippen molar-refractivity contribution >= 4 is 43.4 Å². The van der Waals surface area contributed by atoms with Gasteiger partial charge in [0.1, 0.15) is 0 Å². The molecule has 1 nitrogen and oxygen atoms in total. The normalized spacial score (nSPS) is 13.2. The van der Waals surface area contributed by atoms with Gasteiger partial charge in [-0.1, -0.05) is 117 Å². The van der Waals surface area contributed by atoms with Crippen LogP contribution in [0.15, 0.2) is 121 Å². The van der Waals surface area contributed by atoms with Gasteiger partial charge < -0.3 is 4.57 Å². The van der Waals surface area contributed by atoms with Gasteiger partial charge in [0, 0.05) is 16.5 Å². The first-order valence-electron chi connectivity index (χ1n) is 18.5. The lowest BCUT2D eigenvalue weighted by atomic mass is 9.77. The molecule has 0 saturated carbocycles. The lowest BCUT2D eigenvalue weighted by Gasteiger charge is -2.26. The SMILES string of the molecule is CC(C)(C)c1ccc(-c2ccc3cc4c(cc3c2)-c2cc3ccc(-n5c6ccc(C(C)(C)C)cc6c6cc(C(C)(C)C)ccc65)cc3cc2-4)cc1. The molecule has 1 heterocycles. The standard InChI is InChI=1S/C50H47N/c1-48(2,3)36-15-12-30(13-16-36)31-10-11-32-24-40-42(26-34(32)22-31)41-25-33-14-19-39(23-35(33)27-43(40)41)51-46-20-17-37(49(4,5)6)28-44(46)45-29-38(50(7,8)9)18-21-47(45)51/h10-29H,1-9H3. The van der Waals surface area contributed by atoms with Crippen LogP contribution >= 0.6 is 0 Å². The van der Waals surface area contributed by atoms with E-state index in [1.807, 2.05) is 0 Å².